The van der Waals surface area contributed by atoms with Gasteiger partial charge in [0.2, 0.25) is 0 Å². The molecule has 0 aliphatic heterocycles. The van der Waals surface area contributed by atoms with Crippen LogP contribution in [-0.4, -0.2) is 14.7 Å². The van der Waals surface area contributed by atoms with Gasteiger partial charge in [-0.05, 0) is 30.7 Å². The number of fused-ring (bicyclic) bond motifs is 1. The second-order valence-corrected chi connectivity index (χ2v) is 5.32. The highest BCUT2D eigenvalue weighted by Gasteiger charge is 2.19. The molecule has 3 aromatic rings. The van der Waals surface area contributed by atoms with Crippen molar-refractivity contribution in [3.63, 3.8) is 0 Å². The maximum Gasteiger partial charge on any atom is 0.261 e. The molecule has 4 nitrogen and oxygen atoms in total. The maximum absolute atomic E-state index is 13.7. The molecule has 0 spiro atoms. The normalized spacial score (nSPS) is 12.5. The smallest absolute Gasteiger partial charge is 0.261 e. The second kappa shape index (κ2) is 5.89. The second-order valence-electron chi connectivity index (χ2n) is 5.32. The van der Waals surface area contributed by atoms with Crippen LogP contribution in [0.15, 0.2) is 47.5 Å². The summed E-state index contributed by atoms with van der Waals surface area (Å²) in [6, 6.07) is 8.54. The molecular formula is C17H14F2N2O2. The fourth-order valence-corrected chi connectivity index (χ4v) is 2.57. The average Bonchev–Trinajstić information content (AvgIpc) is 2.50. The molecule has 1 atom stereocenters. The predicted octanol–water partition coefficient (Wildman–Crippen LogP) is 2.72. The molecule has 1 unspecified atom stereocenters. The van der Waals surface area contributed by atoms with Gasteiger partial charge < -0.3 is 5.11 Å². The van der Waals surface area contributed by atoms with E-state index >= 15 is 0 Å². The molecule has 0 bridgehead atoms. The quantitative estimate of drug-likeness (QED) is 0.808. The van der Waals surface area contributed by atoms with Crippen LogP contribution in [0.25, 0.3) is 10.9 Å². The van der Waals surface area contributed by atoms with Gasteiger partial charge in [0.1, 0.15) is 17.7 Å². The number of hydrogen-bond donors (Lipinski definition) is 1. The number of benzene rings is 2. The van der Waals surface area contributed by atoms with E-state index in [0.29, 0.717) is 10.9 Å². The summed E-state index contributed by atoms with van der Waals surface area (Å²) in [5.41, 5.74) is 0.603. The summed E-state index contributed by atoms with van der Waals surface area (Å²) >= 11 is 0. The van der Waals surface area contributed by atoms with Crippen LogP contribution < -0.4 is 5.56 Å². The van der Waals surface area contributed by atoms with E-state index in [9.17, 15) is 18.7 Å². The number of nitrogens with zero attached hydrogens (tertiary/aromatic N) is 2. The van der Waals surface area contributed by atoms with Crippen molar-refractivity contribution < 1.29 is 13.9 Å². The molecule has 23 heavy (non-hydrogen) atoms. The molecule has 0 amide bonds. The molecule has 0 fully saturated rings. The topological polar surface area (TPSA) is 55.1 Å². The van der Waals surface area contributed by atoms with E-state index in [1.54, 1.807) is 12.1 Å². The van der Waals surface area contributed by atoms with E-state index in [4.69, 9.17) is 0 Å². The van der Waals surface area contributed by atoms with E-state index in [-0.39, 0.29) is 12.1 Å². The molecule has 118 valence electrons. The van der Waals surface area contributed by atoms with Crippen LogP contribution in [0.1, 0.15) is 17.2 Å². The van der Waals surface area contributed by atoms with Crippen LogP contribution in [0.4, 0.5) is 8.78 Å². The molecule has 6 heteroatoms. The molecule has 0 aliphatic carbocycles. The molecule has 1 aromatic heterocycles. The van der Waals surface area contributed by atoms with Crippen molar-refractivity contribution in [2.75, 3.05) is 0 Å². The Morgan fingerprint density at radius 1 is 1.17 bits per heavy atom. The van der Waals surface area contributed by atoms with Gasteiger partial charge in [-0.15, -0.1) is 0 Å². The highest BCUT2D eigenvalue weighted by atomic mass is 19.1. The van der Waals surface area contributed by atoms with Crippen molar-refractivity contribution >= 4 is 10.9 Å². The van der Waals surface area contributed by atoms with E-state index in [1.165, 1.54) is 12.4 Å². The molecule has 0 aliphatic rings. The van der Waals surface area contributed by atoms with Gasteiger partial charge in [-0.3, -0.25) is 9.36 Å². The lowest BCUT2D eigenvalue weighted by atomic mass is 10.1. The van der Waals surface area contributed by atoms with Gasteiger partial charge in [0.25, 0.3) is 5.56 Å². The Kier molecular flexibility index (Phi) is 3.92. The molecule has 3 rings (SSSR count). The van der Waals surface area contributed by atoms with Crippen LogP contribution in [0, 0.1) is 18.6 Å². The van der Waals surface area contributed by atoms with Gasteiger partial charge in [0.15, 0.2) is 0 Å². The Morgan fingerprint density at radius 3 is 2.52 bits per heavy atom. The van der Waals surface area contributed by atoms with Crippen LogP contribution in [0.5, 0.6) is 0 Å². The number of para-hydroxylation sites is 1. The van der Waals surface area contributed by atoms with Crippen molar-refractivity contribution in [2.45, 2.75) is 19.6 Å². The molecule has 2 aromatic carbocycles. The van der Waals surface area contributed by atoms with Gasteiger partial charge in [-0.1, -0.05) is 18.2 Å². The van der Waals surface area contributed by atoms with Crippen LogP contribution in [-0.2, 0) is 6.54 Å². The number of aryl methyl sites for hydroxylation is 1. The Labute approximate surface area is 130 Å². The summed E-state index contributed by atoms with van der Waals surface area (Å²) in [5, 5.41) is 10.5. The fraction of sp³-hybridized carbons (Fsp3) is 0.176. The minimum atomic E-state index is -1.49. The first-order valence-corrected chi connectivity index (χ1v) is 7.06. The molecule has 0 radical (unpaired) electrons. The molecule has 0 saturated carbocycles. The Morgan fingerprint density at radius 2 is 1.83 bits per heavy atom. The Bertz CT molecular complexity index is 917. The Balaban J connectivity index is 2.02. The summed E-state index contributed by atoms with van der Waals surface area (Å²) in [4.78, 5) is 16.6. The lowest BCUT2D eigenvalue weighted by Crippen LogP contribution is -2.24. The summed E-state index contributed by atoms with van der Waals surface area (Å²) in [6.45, 7) is 1.55. The highest BCUT2D eigenvalue weighted by Crippen LogP contribution is 2.22. The number of hydrogen-bond acceptors (Lipinski definition) is 3. The third-order valence-corrected chi connectivity index (χ3v) is 3.76. The van der Waals surface area contributed by atoms with Crippen LogP contribution in [0.3, 0.4) is 0 Å². The first kappa shape index (κ1) is 15.3. The number of aliphatic hydroxyl groups is 1. The monoisotopic (exact) mass is 316 g/mol. The zero-order valence-corrected chi connectivity index (χ0v) is 12.3. The summed E-state index contributed by atoms with van der Waals surface area (Å²) < 4.78 is 28.6. The molecule has 0 saturated heterocycles. The Hall–Kier alpha value is -2.60. The summed E-state index contributed by atoms with van der Waals surface area (Å²) in [5.74, 6) is -1.70. The fourth-order valence-electron chi connectivity index (χ4n) is 2.57. The third kappa shape index (κ3) is 2.73. The zero-order valence-electron chi connectivity index (χ0n) is 12.3. The van der Waals surface area contributed by atoms with Crippen molar-refractivity contribution in [3.8, 4) is 0 Å². The number of rotatable bonds is 3. The summed E-state index contributed by atoms with van der Waals surface area (Å²) in [6.07, 6.45) is -0.211. The van der Waals surface area contributed by atoms with Crippen molar-refractivity contribution in [1.82, 2.24) is 9.55 Å². The van der Waals surface area contributed by atoms with Crippen molar-refractivity contribution in [3.05, 3.63) is 75.8 Å². The third-order valence-electron chi connectivity index (χ3n) is 3.76. The molecule has 1 heterocycles. The van der Waals surface area contributed by atoms with E-state index in [2.05, 4.69) is 4.98 Å². The van der Waals surface area contributed by atoms with E-state index < -0.39 is 23.3 Å². The lowest BCUT2D eigenvalue weighted by Gasteiger charge is -2.15. The first-order valence-electron chi connectivity index (χ1n) is 7.06. The minimum absolute atomic E-state index is 0.284. The minimum Gasteiger partial charge on any atom is -0.386 e. The van der Waals surface area contributed by atoms with Crippen LogP contribution >= 0.6 is 0 Å². The van der Waals surface area contributed by atoms with E-state index in [0.717, 1.165) is 22.3 Å². The van der Waals surface area contributed by atoms with Gasteiger partial charge in [-0.2, -0.15) is 0 Å². The maximum atomic E-state index is 13.7. The van der Waals surface area contributed by atoms with Gasteiger partial charge in [0.05, 0.1) is 29.3 Å². The predicted molar refractivity (Wildman–Crippen MR) is 82.1 cm³/mol. The van der Waals surface area contributed by atoms with Crippen LogP contribution in [0.2, 0.25) is 0 Å². The van der Waals surface area contributed by atoms with Gasteiger partial charge >= 0.3 is 0 Å². The molecular weight excluding hydrogens is 302 g/mol. The van der Waals surface area contributed by atoms with Crippen molar-refractivity contribution in [2.24, 2.45) is 0 Å². The highest BCUT2D eigenvalue weighted by molar-refractivity contribution is 5.80. The first-order chi connectivity index (χ1) is 11.0. The van der Waals surface area contributed by atoms with Gasteiger partial charge in [0, 0.05) is 0 Å². The zero-order chi connectivity index (χ0) is 16.6. The average molecular weight is 316 g/mol. The van der Waals surface area contributed by atoms with Crippen molar-refractivity contribution in [1.29, 1.82) is 0 Å². The number of halogens is 2. The number of aliphatic hydroxyl groups excluding tert-OH is 1. The summed E-state index contributed by atoms with van der Waals surface area (Å²) in [7, 11) is 0. The largest absolute Gasteiger partial charge is 0.386 e. The lowest BCUT2D eigenvalue weighted by molar-refractivity contribution is 0.145. The standard InChI is InChI=1S/C17H14F2N2O2/c1-10-4-2-5-11-16(10)20-9-21(17(11)23)8-14(22)15-12(18)6-3-7-13(15)19/h2-7,9,14,22H,8H2,1H3. The number of aromatic nitrogens is 2. The molecule has 1 N–H and O–H groups in total. The van der Waals surface area contributed by atoms with Gasteiger partial charge in [-0.25, -0.2) is 13.8 Å². The van der Waals surface area contributed by atoms with E-state index in [1.807, 2.05) is 13.0 Å². The SMILES string of the molecule is Cc1cccc2c(=O)n(CC(O)c3c(F)cccc3F)cnc12.